The number of benzene rings is 2. The van der Waals surface area contributed by atoms with Gasteiger partial charge in [0, 0.05) is 5.56 Å². The lowest BCUT2D eigenvalue weighted by Crippen LogP contribution is -2.30. The Morgan fingerprint density at radius 3 is 2.74 bits per heavy atom. The first-order valence-corrected chi connectivity index (χ1v) is 7.66. The standard InChI is InChI=1S/C18H19NO4/c1-2-8-22-15-10-12(11-20)9-14-17(15)23-16(18(21)19-14)13-6-4-3-5-7-13/h3-7,9-10,16,20H,2,8,11H2,1H3,(H,19,21). The molecule has 0 saturated heterocycles. The zero-order valence-electron chi connectivity index (χ0n) is 12.9. The molecule has 1 amide bonds. The second-order valence-corrected chi connectivity index (χ2v) is 5.38. The molecule has 1 heterocycles. The van der Waals surface area contributed by atoms with Crippen molar-refractivity contribution in [1.82, 2.24) is 0 Å². The zero-order chi connectivity index (χ0) is 16.2. The predicted octanol–water partition coefficient (Wildman–Crippen LogP) is 3.04. The first kappa shape index (κ1) is 15.4. The molecule has 1 aliphatic rings. The highest BCUT2D eigenvalue weighted by atomic mass is 16.5. The van der Waals surface area contributed by atoms with Crippen molar-refractivity contribution < 1.29 is 19.4 Å². The maximum atomic E-state index is 12.3. The number of hydrogen-bond donors (Lipinski definition) is 2. The van der Waals surface area contributed by atoms with E-state index in [9.17, 15) is 9.90 Å². The van der Waals surface area contributed by atoms with E-state index in [2.05, 4.69) is 5.32 Å². The number of aliphatic hydroxyl groups excluding tert-OH is 1. The highest BCUT2D eigenvalue weighted by Crippen LogP contribution is 2.43. The van der Waals surface area contributed by atoms with E-state index in [-0.39, 0.29) is 12.5 Å². The molecule has 0 radical (unpaired) electrons. The Morgan fingerprint density at radius 2 is 2.04 bits per heavy atom. The molecule has 5 nitrogen and oxygen atoms in total. The van der Waals surface area contributed by atoms with Crippen molar-refractivity contribution in [3.05, 3.63) is 53.6 Å². The van der Waals surface area contributed by atoms with Crippen molar-refractivity contribution >= 4 is 11.6 Å². The van der Waals surface area contributed by atoms with Crippen LogP contribution in [0.5, 0.6) is 11.5 Å². The van der Waals surface area contributed by atoms with Crippen molar-refractivity contribution in [1.29, 1.82) is 0 Å². The molecule has 1 atom stereocenters. The van der Waals surface area contributed by atoms with Crippen LogP contribution in [0.1, 0.15) is 30.6 Å². The fourth-order valence-corrected chi connectivity index (χ4v) is 2.50. The van der Waals surface area contributed by atoms with Gasteiger partial charge in [-0.1, -0.05) is 37.3 Å². The van der Waals surface area contributed by atoms with Crippen LogP contribution in [0, 0.1) is 0 Å². The van der Waals surface area contributed by atoms with Gasteiger partial charge in [0.05, 0.1) is 18.9 Å². The Morgan fingerprint density at radius 1 is 1.26 bits per heavy atom. The summed E-state index contributed by atoms with van der Waals surface area (Å²) in [5.74, 6) is 0.804. The lowest BCUT2D eigenvalue weighted by atomic mass is 10.1. The van der Waals surface area contributed by atoms with Crippen molar-refractivity contribution in [2.24, 2.45) is 0 Å². The Labute approximate surface area is 134 Å². The third-order valence-corrected chi connectivity index (χ3v) is 3.59. The van der Waals surface area contributed by atoms with Gasteiger partial charge in [-0.15, -0.1) is 0 Å². The normalized spacial score (nSPS) is 16.3. The van der Waals surface area contributed by atoms with Gasteiger partial charge >= 0.3 is 0 Å². The van der Waals surface area contributed by atoms with Gasteiger partial charge in [0.1, 0.15) is 0 Å². The number of ether oxygens (including phenoxy) is 2. The highest BCUT2D eigenvalue weighted by Gasteiger charge is 2.31. The van der Waals surface area contributed by atoms with E-state index in [1.807, 2.05) is 37.3 Å². The van der Waals surface area contributed by atoms with Crippen LogP contribution >= 0.6 is 0 Å². The number of hydrogen-bond acceptors (Lipinski definition) is 4. The van der Waals surface area contributed by atoms with E-state index in [1.54, 1.807) is 12.1 Å². The van der Waals surface area contributed by atoms with Crippen LogP contribution in [0.2, 0.25) is 0 Å². The number of carbonyl (C=O) groups is 1. The van der Waals surface area contributed by atoms with Gasteiger partial charge in [0.2, 0.25) is 6.10 Å². The summed E-state index contributed by atoms with van der Waals surface area (Å²) in [7, 11) is 0. The van der Waals surface area contributed by atoms with Crippen molar-refractivity contribution in [2.45, 2.75) is 26.1 Å². The average Bonchev–Trinajstić information content (AvgIpc) is 2.59. The molecule has 1 aliphatic heterocycles. The van der Waals surface area contributed by atoms with Gasteiger partial charge in [0.25, 0.3) is 5.91 Å². The molecule has 3 rings (SSSR count). The Kier molecular flexibility index (Phi) is 4.48. The maximum absolute atomic E-state index is 12.3. The van der Waals surface area contributed by atoms with Crippen molar-refractivity contribution in [3.8, 4) is 11.5 Å². The first-order valence-electron chi connectivity index (χ1n) is 7.66. The first-order chi connectivity index (χ1) is 11.2. The fraction of sp³-hybridized carbons (Fsp3) is 0.278. The summed E-state index contributed by atoms with van der Waals surface area (Å²) in [6.45, 7) is 2.42. The number of aliphatic hydroxyl groups is 1. The quantitative estimate of drug-likeness (QED) is 0.890. The molecule has 1 unspecified atom stereocenters. The largest absolute Gasteiger partial charge is 0.490 e. The van der Waals surface area contributed by atoms with Crippen LogP contribution in [-0.2, 0) is 11.4 Å². The zero-order valence-corrected chi connectivity index (χ0v) is 12.9. The van der Waals surface area contributed by atoms with Gasteiger partial charge in [-0.05, 0) is 24.1 Å². The van der Waals surface area contributed by atoms with E-state index < -0.39 is 6.10 Å². The van der Waals surface area contributed by atoms with Crippen LogP contribution in [0.3, 0.4) is 0 Å². The van der Waals surface area contributed by atoms with Crippen LogP contribution in [0.4, 0.5) is 5.69 Å². The minimum Gasteiger partial charge on any atom is -0.490 e. The van der Waals surface area contributed by atoms with Gasteiger partial charge in [-0.25, -0.2) is 0 Å². The molecule has 120 valence electrons. The number of fused-ring (bicyclic) bond motifs is 1. The topological polar surface area (TPSA) is 67.8 Å². The molecule has 2 aromatic rings. The second-order valence-electron chi connectivity index (χ2n) is 5.38. The highest BCUT2D eigenvalue weighted by molar-refractivity contribution is 5.99. The van der Waals surface area contributed by atoms with Gasteiger partial charge in [0.15, 0.2) is 11.5 Å². The monoisotopic (exact) mass is 313 g/mol. The lowest BCUT2D eigenvalue weighted by molar-refractivity contribution is -0.123. The van der Waals surface area contributed by atoms with Crippen LogP contribution in [0.15, 0.2) is 42.5 Å². The minimum absolute atomic E-state index is 0.131. The van der Waals surface area contributed by atoms with E-state index in [1.165, 1.54) is 0 Å². The summed E-state index contributed by atoms with van der Waals surface area (Å²) >= 11 is 0. The minimum atomic E-state index is -0.715. The average molecular weight is 313 g/mol. The molecule has 23 heavy (non-hydrogen) atoms. The Balaban J connectivity index is 1.98. The molecule has 2 aromatic carbocycles. The lowest BCUT2D eigenvalue weighted by Gasteiger charge is -2.28. The molecular weight excluding hydrogens is 294 g/mol. The smallest absolute Gasteiger partial charge is 0.270 e. The van der Waals surface area contributed by atoms with E-state index in [4.69, 9.17) is 9.47 Å². The molecule has 0 saturated carbocycles. The van der Waals surface area contributed by atoms with Crippen LogP contribution < -0.4 is 14.8 Å². The summed E-state index contributed by atoms with van der Waals surface area (Å²) in [5.41, 5.74) is 1.97. The summed E-state index contributed by atoms with van der Waals surface area (Å²) < 4.78 is 11.7. The van der Waals surface area contributed by atoms with Gasteiger partial charge in [-0.2, -0.15) is 0 Å². The van der Waals surface area contributed by atoms with Gasteiger partial charge in [-0.3, -0.25) is 4.79 Å². The molecule has 0 aromatic heterocycles. The predicted molar refractivity (Wildman–Crippen MR) is 86.6 cm³/mol. The Bertz CT molecular complexity index is 700. The van der Waals surface area contributed by atoms with E-state index in [0.717, 1.165) is 12.0 Å². The van der Waals surface area contributed by atoms with Crippen molar-refractivity contribution in [2.75, 3.05) is 11.9 Å². The Hall–Kier alpha value is -2.53. The summed E-state index contributed by atoms with van der Waals surface area (Å²) in [5, 5.41) is 12.2. The number of amides is 1. The maximum Gasteiger partial charge on any atom is 0.270 e. The number of carbonyl (C=O) groups excluding carboxylic acids is 1. The SMILES string of the molecule is CCCOc1cc(CO)cc2c1OC(c1ccccc1)C(=O)N2. The molecule has 0 bridgehead atoms. The molecule has 0 spiro atoms. The van der Waals surface area contributed by atoms with E-state index in [0.29, 0.717) is 29.4 Å². The summed E-state index contributed by atoms with van der Waals surface area (Å²) in [4.78, 5) is 12.3. The molecule has 0 fully saturated rings. The number of nitrogens with one attached hydrogen (secondary N) is 1. The van der Waals surface area contributed by atoms with Gasteiger partial charge < -0.3 is 19.9 Å². The number of rotatable bonds is 5. The summed E-state index contributed by atoms with van der Waals surface area (Å²) in [6, 6.07) is 12.8. The van der Waals surface area contributed by atoms with Crippen molar-refractivity contribution in [3.63, 3.8) is 0 Å². The third kappa shape index (κ3) is 3.14. The fourth-order valence-electron chi connectivity index (χ4n) is 2.50. The molecule has 5 heteroatoms. The number of anilines is 1. The third-order valence-electron chi connectivity index (χ3n) is 3.59. The summed E-state index contributed by atoms with van der Waals surface area (Å²) in [6.07, 6.45) is 0.139. The second kappa shape index (κ2) is 6.71. The van der Waals surface area contributed by atoms with E-state index >= 15 is 0 Å². The molecule has 2 N–H and O–H groups in total. The van der Waals surface area contributed by atoms with Crippen LogP contribution in [0.25, 0.3) is 0 Å². The molecular formula is C18H19NO4. The molecule has 0 aliphatic carbocycles. The van der Waals surface area contributed by atoms with Crippen LogP contribution in [-0.4, -0.2) is 17.6 Å².